The van der Waals surface area contributed by atoms with Crippen molar-refractivity contribution in [2.45, 2.75) is 45.4 Å². The van der Waals surface area contributed by atoms with Crippen molar-refractivity contribution in [1.82, 2.24) is 20.1 Å². The molecule has 33 heavy (non-hydrogen) atoms. The third-order valence-electron chi connectivity index (χ3n) is 5.32. The molecule has 0 fully saturated rings. The summed E-state index contributed by atoms with van der Waals surface area (Å²) in [6.45, 7) is 12.1. The molecular formula is C25H29N5O2S. The molecular weight excluding hydrogens is 434 g/mol. The molecule has 0 unspecified atom stereocenters. The fourth-order valence-corrected chi connectivity index (χ4v) is 4.04. The maximum absolute atomic E-state index is 12.6. The third kappa shape index (κ3) is 6.10. The molecule has 0 saturated heterocycles. The fraction of sp³-hybridized carbons (Fsp3) is 0.280. The van der Waals surface area contributed by atoms with Gasteiger partial charge in [-0.15, -0.1) is 16.8 Å². The Morgan fingerprint density at radius 3 is 2.55 bits per heavy atom. The van der Waals surface area contributed by atoms with Gasteiger partial charge in [-0.05, 0) is 57.0 Å². The highest BCUT2D eigenvalue weighted by molar-refractivity contribution is 7.99. The summed E-state index contributed by atoms with van der Waals surface area (Å²) in [5, 5.41) is 15.1. The second-order valence-electron chi connectivity index (χ2n) is 7.89. The quantitative estimate of drug-likeness (QED) is 0.357. The summed E-state index contributed by atoms with van der Waals surface area (Å²) in [7, 11) is 0. The summed E-state index contributed by atoms with van der Waals surface area (Å²) in [6, 6.07) is 12.8. The van der Waals surface area contributed by atoms with Gasteiger partial charge in [0.25, 0.3) is 5.91 Å². The summed E-state index contributed by atoms with van der Waals surface area (Å²) in [5.74, 6) is 0.488. The van der Waals surface area contributed by atoms with Crippen LogP contribution >= 0.6 is 11.8 Å². The number of carbonyl (C=O) groups excluding carboxylic acids is 2. The van der Waals surface area contributed by atoms with Gasteiger partial charge < -0.3 is 15.2 Å². The van der Waals surface area contributed by atoms with E-state index in [1.165, 1.54) is 11.8 Å². The Labute approximate surface area is 198 Å². The number of nitrogens with one attached hydrogen (secondary N) is 2. The van der Waals surface area contributed by atoms with Crippen LogP contribution in [0.25, 0.3) is 0 Å². The maximum atomic E-state index is 12.6. The Bertz CT molecular complexity index is 1150. The molecule has 3 aromatic rings. The van der Waals surface area contributed by atoms with Crippen molar-refractivity contribution in [3.63, 3.8) is 0 Å². The van der Waals surface area contributed by atoms with Crippen LogP contribution in [0, 0.1) is 20.8 Å². The summed E-state index contributed by atoms with van der Waals surface area (Å²) in [5.41, 5.74) is 4.65. The van der Waals surface area contributed by atoms with E-state index in [1.807, 2.05) is 62.6 Å². The van der Waals surface area contributed by atoms with Crippen LogP contribution in [0.5, 0.6) is 0 Å². The van der Waals surface area contributed by atoms with Crippen molar-refractivity contribution in [2.24, 2.45) is 0 Å². The van der Waals surface area contributed by atoms with Crippen LogP contribution in [-0.2, 0) is 11.3 Å². The lowest BCUT2D eigenvalue weighted by Gasteiger charge is -2.15. The van der Waals surface area contributed by atoms with Crippen molar-refractivity contribution in [1.29, 1.82) is 0 Å². The minimum absolute atomic E-state index is 0.121. The van der Waals surface area contributed by atoms with Crippen molar-refractivity contribution < 1.29 is 9.59 Å². The van der Waals surface area contributed by atoms with E-state index >= 15 is 0 Å². The monoisotopic (exact) mass is 463 g/mol. The number of thioether (sulfide) groups is 1. The van der Waals surface area contributed by atoms with Gasteiger partial charge in [0.15, 0.2) is 11.0 Å². The molecule has 0 radical (unpaired) electrons. The first kappa shape index (κ1) is 24.3. The lowest BCUT2D eigenvalue weighted by Crippen LogP contribution is -2.28. The standard InChI is InChI=1S/C25H29N5O2S/c1-6-14-30-23(19(5)26-24(32)20-12-10-16(2)11-13-20)28-29-25(30)33-15-22(31)27-21-9-7-8-17(3)18(21)4/h6-13,19H,1,14-15H2,2-5H3,(H,26,32)(H,27,31)/t19-/m1/s1. The van der Waals surface area contributed by atoms with Crippen LogP contribution in [0.2, 0.25) is 0 Å². The van der Waals surface area contributed by atoms with Gasteiger partial charge in [-0.3, -0.25) is 9.59 Å². The topological polar surface area (TPSA) is 88.9 Å². The molecule has 0 saturated carbocycles. The van der Waals surface area contributed by atoms with Gasteiger partial charge in [0.05, 0.1) is 11.8 Å². The predicted molar refractivity (Wildman–Crippen MR) is 133 cm³/mol. The van der Waals surface area contributed by atoms with E-state index in [1.54, 1.807) is 18.2 Å². The van der Waals surface area contributed by atoms with Gasteiger partial charge in [0.2, 0.25) is 5.91 Å². The number of nitrogens with zero attached hydrogens (tertiary/aromatic N) is 3. The molecule has 1 aromatic heterocycles. The number of amides is 2. The third-order valence-corrected chi connectivity index (χ3v) is 6.28. The zero-order valence-electron chi connectivity index (χ0n) is 19.4. The number of aryl methyl sites for hydroxylation is 2. The largest absolute Gasteiger partial charge is 0.342 e. The van der Waals surface area contributed by atoms with Crippen LogP contribution in [0.3, 0.4) is 0 Å². The van der Waals surface area contributed by atoms with Gasteiger partial charge >= 0.3 is 0 Å². The number of hydrogen-bond donors (Lipinski definition) is 2. The van der Waals surface area contributed by atoms with E-state index in [2.05, 4.69) is 27.4 Å². The first-order chi connectivity index (χ1) is 15.8. The Balaban J connectivity index is 1.67. The van der Waals surface area contributed by atoms with E-state index in [9.17, 15) is 9.59 Å². The lowest BCUT2D eigenvalue weighted by atomic mass is 10.1. The lowest BCUT2D eigenvalue weighted by molar-refractivity contribution is -0.113. The van der Waals surface area contributed by atoms with Crippen LogP contribution in [0.4, 0.5) is 5.69 Å². The molecule has 8 heteroatoms. The minimum Gasteiger partial charge on any atom is -0.342 e. The number of benzene rings is 2. The molecule has 0 aliphatic heterocycles. The number of rotatable bonds is 9. The van der Waals surface area contributed by atoms with E-state index in [4.69, 9.17) is 0 Å². The summed E-state index contributed by atoms with van der Waals surface area (Å²) in [6.07, 6.45) is 1.74. The van der Waals surface area contributed by atoms with E-state index in [0.29, 0.717) is 23.1 Å². The Hall–Kier alpha value is -3.39. The minimum atomic E-state index is -0.371. The number of hydrogen-bond acceptors (Lipinski definition) is 5. The molecule has 3 rings (SSSR count). The fourth-order valence-electron chi connectivity index (χ4n) is 3.28. The number of aromatic nitrogens is 3. The molecule has 1 heterocycles. The highest BCUT2D eigenvalue weighted by atomic mass is 32.2. The molecule has 1 atom stereocenters. The number of allylic oxidation sites excluding steroid dienone is 1. The zero-order chi connectivity index (χ0) is 24.0. The van der Waals surface area contributed by atoms with Gasteiger partial charge in [-0.2, -0.15) is 0 Å². The van der Waals surface area contributed by atoms with Gasteiger partial charge in [0, 0.05) is 17.8 Å². The SMILES string of the molecule is C=CCn1c(SCC(=O)Nc2cccc(C)c2C)nnc1[C@@H](C)NC(=O)c1ccc(C)cc1. The summed E-state index contributed by atoms with van der Waals surface area (Å²) >= 11 is 1.30. The van der Waals surface area contributed by atoms with Crippen LogP contribution in [-0.4, -0.2) is 32.3 Å². The molecule has 0 bridgehead atoms. The normalized spacial score (nSPS) is 11.6. The zero-order valence-corrected chi connectivity index (χ0v) is 20.2. The van der Waals surface area contributed by atoms with E-state index in [0.717, 1.165) is 22.4 Å². The van der Waals surface area contributed by atoms with Crippen molar-refractivity contribution in [3.05, 3.63) is 83.2 Å². The van der Waals surface area contributed by atoms with Crippen LogP contribution < -0.4 is 10.6 Å². The summed E-state index contributed by atoms with van der Waals surface area (Å²) in [4.78, 5) is 25.1. The average molecular weight is 464 g/mol. The van der Waals surface area contributed by atoms with Crippen molar-refractivity contribution >= 4 is 29.3 Å². The first-order valence-electron chi connectivity index (χ1n) is 10.7. The average Bonchev–Trinajstić information content (AvgIpc) is 3.19. The molecule has 2 amide bonds. The number of anilines is 1. The molecule has 2 N–H and O–H groups in total. The van der Waals surface area contributed by atoms with E-state index in [-0.39, 0.29) is 23.6 Å². The predicted octanol–water partition coefficient (Wildman–Crippen LogP) is 4.61. The molecule has 0 aliphatic carbocycles. The molecule has 7 nitrogen and oxygen atoms in total. The second-order valence-corrected chi connectivity index (χ2v) is 8.83. The molecule has 0 spiro atoms. The molecule has 172 valence electrons. The Kier molecular flexibility index (Phi) is 8.06. The van der Waals surface area contributed by atoms with Crippen molar-refractivity contribution in [2.75, 3.05) is 11.1 Å². The van der Waals surface area contributed by atoms with Gasteiger partial charge in [-0.25, -0.2) is 0 Å². The van der Waals surface area contributed by atoms with Crippen molar-refractivity contribution in [3.8, 4) is 0 Å². The smallest absolute Gasteiger partial charge is 0.251 e. The Morgan fingerprint density at radius 1 is 1.12 bits per heavy atom. The first-order valence-corrected chi connectivity index (χ1v) is 11.7. The maximum Gasteiger partial charge on any atom is 0.251 e. The summed E-state index contributed by atoms with van der Waals surface area (Å²) < 4.78 is 1.86. The van der Waals surface area contributed by atoms with Crippen LogP contribution in [0.1, 0.15) is 45.8 Å². The van der Waals surface area contributed by atoms with Gasteiger partial charge in [0.1, 0.15) is 0 Å². The second kappa shape index (κ2) is 11.0. The van der Waals surface area contributed by atoms with Gasteiger partial charge in [-0.1, -0.05) is 47.7 Å². The highest BCUT2D eigenvalue weighted by Gasteiger charge is 2.20. The number of carbonyl (C=O) groups is 2. The molecule has 0 aliphatic rings. The Morgan fingerprint density at radius 2 is 1.85 bits per heavy atom. The highest BCUT2D eigenvalue weighted by Crippen LogP contribution is 2.23. The molecule has 2 aromatic carbocycles. The van der Waals surface area contributed by atoms with Crippen LogP contribution in [0.15, 0.2) is 60.3 Å². The van der Waals surface area contributed by atoms with E-state index < -0.39 is 0 Å².